The van der Waals surface area contributed by atoms with Gasteiger partial charge in [-0.1, -0.05) is 65.0 Å². The molecule has 1 aromatic rings. The smallest absolute Gasteiger partial charge is 0.311 e. The van der Waals surface area contributed by atoms with Crippen LogP contribution in [-0.4, -0.2) is 21.2 Å². The van der Waals surface area contributed by atoms with E-state index in [0.717, 1.165) is 0 Å². The van der Waals surface area contributed by atoms with Crippen LogP contribution in [0.4, 0.5) is 0 Å². The maximum Gasteiger partial charge on any atom is 0.311 e. The quantitative estimate of drug-likeness (QED) is 0.447. The number of ether oxygens (including phenoxy) is 1. The van der Waals surface area contributed by atoms with Crippen molar-refractivity contribution in [2.24, 2.45) is 5.41 Å². The van der Waals surface area contributed by atoms with E-state index in [4.69, 9.17) is 4.74 Å². The highest BCUT2D eigenvalue weighted by Crippen LogP contribution is 2.36. The van der Waals surface area contributed by atoms with Crippen molar-refractivity contribution in [2.75, 3.05) is 7.11 Å². The summed E-state index contributed by atoms with van der Waals surface area (Å²) in [6.07, 6.45) is 0.714. The van der Waals surface area contributed by atoms with Gasteiger partial charge in [-0.05, 0) is 25.8 Å². The van der Waals surface area contributed by atoms with Gasteiger partial charge in [-0.2, -0.15) is 0 Å². The Morgan fingerprint density at radius 2 is 1.75 bits per heavy atom. The third-order valence-corrected chi connectivity index (χ3v) is 6.48. The number of hydrogen-bond donors (Lipinski definition) is 0. The number of esters is 1. The molecule has 0 spiro atoms. The molecule has 0 bridgehead atoms. The Bertz CT molecular complexity index is 460. The van der Waals surface area contributed by atoms with Crippen LogP contribution >= 0.6 is 15.9 Å². The fourth-order valence-electron chi connectivity index (χ4n) is 2.12. The normalized spacial score (nSPS) is 13.9. The monoisotopic (exact) mass is 356 g/mol. The minimum atomic E-state index is -1.25. The van der Waals surface area contributed by atoms with Crippen molar-refractivity contribution >= 4 is 35.2 Å². The second-order valence-corrected chi connectivity index (χ2v) is 13.1. The second-order valence-electron chi connectivity index (χ2n) is 6.92. The van der Waals surface area contributed by atoms with Crippen molar-refractivity contribution in [3.8, 4) is 0 Å². The molecule has 0 radical (unpaired) electrons. The lowest BCUT2D eigenvalue weighted by Crippen LogP contribution is -2.37. The zero-order valence-electron chi connectivity index (χ0n) is 13.3. The number of hydrogen-bond acceptors (Lipinski definition) is 2. The first-order valence-corrected chi connectivity index (χ1v) is 11.3. The number of methoxy groups -OCH3 is 1. The maximum atomic E-state index is 11.7. The molecule has 2 nitrogen and oxygen atoms in total. The van der Waals surface area contributed by atoms with Gasteiger partial charge in [-0.15, -0.1) is 0 Å². The van der Waals surface area contributed by atoms with Crippen molar-refractivity contribution in [1.82, 2.24) is 0 Å². The summed E-state index contributed by atoms with van der Waals surface area (Å²) in [5.41, 5.74) is 0.726. The van der Waals surface area contributed by atoms with E-state index in [9.17, 15) is 4.79 Å². The van der Waals surface area contributed by atoms with E-state index in [-0.39, 0.29) is 10.8 Å². The summed E-state index contributed by atoms with van der Waals surface area (Å²) in [6, 6.07) is 8.78. The lowest BCUT2D eigenvalue weighted by atomic mass is 9.86. The Balaban J connectivity index is 2.83. The lowest BCUT2D eigenvalue weighted by molar-refractivity contribution is -0.151. The molecule has 0 fully saturated rings. The van der Waals surface area contributed by atoms with Crippen LogP contribution in [0.3, 0.4) is 0 Å². The molecule has 112 valence electrons. The van der Waals surface area contributed by atoms with E-state index in [1.54, 1.807) is 0 Å². The standard InChI is InChI=1S/C16H25BrO2Si/c1-16(2,15(18)19-3)11-14(17)12-7-9-13(10-8-12)20(4,5)6/h7-10,14H,11H2,1-6H3. The summed E-state index contributed by atoms with van der Waals surface area (Å²) in [7, 11) is 0.190. The van der Waals surface area contributed by atoms with E-state index in [1.165, 1.54) is 17.9 Å². The van der Waals surface area contributed by atoms with Crippen molar-refractivity contribution < 1.29 is 9.53 Å². The molecular formula is C16H25BrO2Si. The zero-order chi connectivity index (χ0) is 15.6. The average Bonchev–Trinajstić information content (AvgIpc) is 2.36. The van der Waals surface area contributed by atoms with Crippen LogP contribution in [0.1, 0.15) is 30.7 Å². The van der Waals surface area contributed by atoms with E-state index in [0.29, 0.717) is 6.42 Å². The van der Waals surface area contributed by atoms with Gasteiger partial charge in [-0.25, -0.2) is 0 Å². The molecule has 1 unspecified atom stereocenters. The molecule has 0 N–H and O–H groups in total. The van der Waals surface area contributed by atoms with Gasteiger partial charge in [0.05, 0.1) is 20.6 Å². The first kappa shape index (κ1) is 17.4. The average molecular weight is 357 g/mol. The molecule has 1 atom stereocenters. The Morgan fingerprint density at radius 3 is 2.15 bits per heavy atom. The number of benzene rings is 1. The summed E-state index contributed by atoms with van der Waals surface area (Å²) >= 11 is 3.70. The maximum absolute atomic E-state index is 11.7. The summed E-state index contributed by atoms with van der Waals surface area (Å²) in [5.74, 6) is -0.166. The van der Waals surface area contributed by atoms with Gasteiger partial charge < -0.3 is 4.74 Å². The van der Waals surface area contributed by atoms with E-state index < -0.39 is 13.5 Å². The molecule has 20 heavy (non-hydrogen) atoms. The first-order valence-electron chi connectivity index (χ1n) is 6.91. The van der Waals surface area contributed by atoms with E-state index >= 15 is 0 Å². The Kier molecular flexibility index (Phi) is 5.61. The van der Waals surface area contributed by atoms with Crippen LogP contribution in [0.5, 0.6) is 0 Å². The fraction of sp³-hybridized carbons (Fsp3) is 0.562. The Labute approximate surface area is 132 Å². The molecule has 1 aromatic carbocycles. The molecule has 1 rings (SSSR count). The number of alkyl halides is 1. The van der Waals surface area contributed by atoms with Crippen LogP contribution < -0.4 is 5.19 Å². The van der Waals surface area contributed by atoms with Crippen LogP contribution in [0.15, 0.2) is 24.3 Å². The highest BCUT2D eigenvalue weighted by molar-refractivity contribution is 9.09. The van der Waals surface area contributed by atoms with Crippen LogP contribution in [0.2, 0.25) is 19.6 Å². The third kappa shape index (κ3) is 4.45. The summed E-state index contributed by atoms with van der Waals surface area (Å²) in [4.78, 5) is 11.9. The molecule has 0 amide bonds. The number of rotatable bonds is 5. The minimum absolute atomic E-state index is 0.160. The molecule has 0 aliphatic carbocycles. The van der Waals surface area contributed by atoms with Crippen LogP contribution in [-0.2, 0) is 9.53 Å². The minimum Gasteiger partial charge on any atom is -0.469 e. The summed E-state index contributed by atoms with van der Waals surface area (Å²) in [5, 5.41) is 1.45. The lowest BCUT2D eigenvalue weighted by Gasteiger charge is -2.25. The van der Waals surface area contributed by atoms with Gasteiger partial charge in [0.25, 0.3) is 0 Å². The van der Waals surface area contributed by atoms with Crippen molar-refractivity contribution in [1.29, 1.82) is 0 Å². The number of halogens is 1. The van der Waals surface area contributed by atoms with Crippen LogP contribution in [0, 0.1) is 5.41 Å². The highest BCUT2D eigenvalue weighted by atomic mass is 79.9. The molecule has 0 aliphatic rings. The fourth-order valence-corrected chi connectivity index (χ4v) is 4.40. The van der Waals surface area contributed by atoms with Crippen molar-refractivity contribution in [3.05, 3.63) is 29.8 Å². The van der Waals surface area contributed by atoms with Gasteiger partial charge in [0.15, 0.2) is 0 Å². The molecule has 0 heterocycles. The van der Waals surface area contributed by atoms with Gasteiger partial charge >= 0.3 is 5.97 Å². The zero-order valence-corrected chi connectivity index (χ0v) is 15.9. The van der Waals surface area contributed by atoms with E-state index in [1.807, 2.05) is 13.8 Å². The molecule has 0 aliphatic heterocycles. The highest BCUT2D eigenvalue weighted by Gasteiger charge is 2.31. The predicted octanol–water partition coefficient (Wildman–Crippen LogP) is 4.26. The number of carbonyl (C=O) groups excluding carboxylic acids is 1. The molecule has 0 saturated heterocycles. The first-order chi connectivity index (χ1) is 9.08. The SMILES string of the molecule is COC(=O)C(C)(C)CC(Br)c1ccc([Si](C)(C)C)cc1. The Hall–Kier alpha value is -0.613. The van der Waals surface area contributed by atoms with E-state index in [2.05, 4.69) is 59.8 Å². The number of carbonyl (C=O) groups is 1. The summed E-state index contributed by atoms with van der Waals surface area (Å²) in [6.45, 7) is 10.9. The largest absolute Gasteiger partial charge is 0.469 e. The molecular weight excluding hydrogens is 332 g/mol. The van der Waals surface area contributed by atoms with Crippen LogP contribution in [0.25, 0.3) is 0 Å². The molecule has 0 saturated carbocycles. The molecule has 4 heteroatoms. The van der Waals surface area contributed by atoms with Gasteiger partial charge in [0.1, 0.15) is 0 Å². The third-order valence-electron chi connectivity index (χ3n) is 3.57. The molecule has 0 aromatic heterocycles. The Morgan fingerprint density at radius 1 is 1.25 bits per heavy atom. The summed E-state index contributed by atoms with van der Waals surface area (Å²) < 4.78 is 4.86. The van der Waals surface area contributed by atoms with Gasteiger partial charge in [0, 0.05) is 4.83 Å². The predicted molar refractivity (Wildman–Crippen MR) is 91.5 cm³/mol. The van der Waals surface area contributed by atoms with Crippen molar-refractivity contribution in [2.45, 2.75) is 44.7 Å². The van der Waals surface area contributed by atoms with Crippen molar-refractivity contribution in [3.63, 3.8) is 0 Å². The van der Waals surface area contributed by atoms with Gasteiger partial charge in [-0.3, -0.25) is 4.79 Å². The van der Waals surface area contributed by atoms with Gasteiger partial charge in [0.2, 0.25) is 0 Å². The topological polar surface area (TPSA) is 26.3 Å². The second kappa shape index (κ2) is 6.44.